The number of nitrogens with one attached hydrogen (secondary N) is 2. The van der Waals surface area contributed by atoms with E-state index in [1.165, 1.54) is 0 Å². The van der Waals surface area contributed by atoms with Crippen molar-refractivity contribution < 1.29 is 0 Å². The number of rotatable bonds is 7. The lowest BCUT2D eigenvalue weighted by Gasteiger charge is -2.23. The third-order valence-corrected chi connectivity index (χ3v) is 4.48. The Labute approximate surface area is 162 Å². The van der Waals surface area contributed by atoms with Crippen LogP contribution >= 0.6 is 35.7 Å². The van der Waals surface area contributed by atoms with Crippen LogP contribution in [0.4, 0.5) is 5.82 Å². The second kappa shape index (κ2) is 11.0. The number of halogens is 1. The van der Waals surface area contributed by atoms with E-state index >= 15 is 0 Å². The predicted molar refractivity (Wildman–Crippen MR) is 114 cm³/mol. The van der Waals surface area contributed by atoms with Crippen LogP contribution in [0.3, 0.4) is 0 Å². The van der Waals surface area contributed by atoms with Crippen molar-refractivity contribution in [2.24, 2.45) is 4.99 Å². The maximum atomic E-state index is 4.63. The average Bonchev–Trinajstić information content (AvgIpc) is 2.50. The van der Waals surface area contributed by atoms with Crippen molar-refractivity contribution in [3.05, 3.63) is 23.9 Å². The van der Waals surface area contributed by atoms with Crippen LogP contribution in [0.1, 0.15) is 26.5 Å². The molecule has 2 N–H and O–H groups in total. The number of aliphatic imine (C=N–C) groups is 1. The summed E-state index contributed by atoms with van der Waals surface area (Å²) in [6.45, 7) is 8.78. The SMILES string of the molecule is CCNC(=NCc1cccc(N(C)C)n1)NCC(C)(C)SC.I. The van der Waals surface area contributed by atoms with Crippen LogP contribution in [0.2, 0.25) is 0 Å². The number of anilines is 1. The zero-order valence-corrected chi connectivity index (χ0v) is 18.2. The molecular formula is C16H30IN5S. The molecule has 0 aromatic carbocycles. The average molecular weight is 451 g/mol. The van der Waals surface area contributed by atoms with Crippen molar-refractivity contribution in [1.29, 1.82) is 0 Å². The molecule has 5 nitrogen and oxygen atoms in total. The molecule has 1 aromatic rings. The van der Waals surface area contributed by atoms with Gasteiger partial charge >= 0.3 is 0 Å². The van der Waals surface area contributed by atoms with Crippen LogP contribution < -0.4 is 15.5 Å². The third kappa shape index (κ3) is 8.64. The Morgan fingerprint density at radius 3 is 2.57 bits per heavy atom. The van der Waals surface area contributed by atoms with Crippen molar-refractivity contribution in [3.63, 3.8) is 0 Å². The fourth-order valence-electron chi connectivity index (χ4n) is 1.67. The summed E-state index contributed by atoms with van der Waals surface area (Å²) in [5, 5.41) is 6.68. The van der Waals surface area contributed by atoms with Crippen molar-refractivity contribution in [2.45, 2.75) is 32.1 Å². The van der Waals surface area contributed by atoms with E-state index < -0.39 is 0 Å². The first-order valence-electron chi connectivity index (χ1n) is 7.58. The Bertz CT molecular complexity index is 491. The molecule has 0 aliphatic heterocycles. The first kappa shape index (κ1) is 22.3. The van der Waals surface area contributed by atoms with E-state index in [0.29, 0.717) is 6.54 Å². The summed E-state index contributed by atoms with van der Waals surface area (Å²) in [6, 6.07) is 6.02. The van der Waals surface area contributed by atoms with Gasteiger partial charge in [0.1, 0.15) is 5.82 Å². The highest BCUT2D eigenvalue weighted by Gasteiger charge is 2.16. The van der Waals surface area contributed by atoms with Crippen molar-refractivity contribution in [1.82, 2.24) is 15.6 Å². The molecule has 0 saturated heterocycles. The molecule has 0 fully saturated rings. The molecule has 23 heavy (non-hydrogen) atoms. The Morgan fingerprint density at radius 1 is 1.30 bits per heavy atom. The standard InChI is InChI=1S/C16H29N5S.HI/c1-7-17-15(19-12-16(2,3)22-6)18-11-13-9-8-10-14(20-13)21(4)5;/h8-10H,7,11-12H2,1-6H3,(H2,17,18,19);1H. The van der Waals surface area contributed by atoms with Gasteiger partial charge < -0.3 is 15.5 Å². The number of hydrogen-bond acceptors (Lipinski definition) is 4. The zero-order valence-electron chi connectivity index (χ0n) is 15.0. The van der Waals surface area contributed by atoms with Crippen molar-refractivity contribution in [2.75, 3.05) is 38.3 Å². The molecule has 0 unspecified atom stereocenters. The fourth-order valence-corrected chi connectivity index (χ4v) is 1.89. The summed E-state index contributed by atoms with van der Waals surface area (Å²) in [5.41, 5.74) is 0.965. The molecular weight excluding hydrogens is 421 g/mol. The maximum absolute atomic E-state index is 4.63. The van der Waals surface area contributed by atoms with Crippen LogP contribution in [0, 0.1) is 0 Å². The summed E-state index contributed by atoms with van der Waals surface area (Å²) in [7, 11) is 3.98. The number of pyridine rings is 1. The summed E-state index contributed by atoms with van der Waals surface area (Å²) in [4.78, 5) is 11.2. The Kier molecular flexibility index (Phi) is 10.6. The van der Waals surface area contributed by atoms with E-state index in [9.17, 15) is 0 Å². The highest BCUT2D eigenvalue weighted by molar-refractivity contribution is 14.0. The number of nitrogens with zero attached hydrogens (tertiary/aromatic N) is 3. The van der Waals surface area contributed by atoms with Gasteiger partial charge in [0.15, 0.2) is 5.96 Å². The molecule has 0 atom stereocenters. The lowest BCUT2D eigenvalue weighted by molar-refractivity contribution is 0.664. The van der Waals surface area contributed by atoms with Gasteiger partial charge in [0.25, 0.3) is 0 Å². The normalized spacial score (nSPS) is 11.7. The quantitative estimate of drug-likeness (QED) is 0.379. The topological polar surface area (TPSA) is 52.6 Å². The molecule has 0 saturated carbocycles. The minimum absolute atomic E-state index is 0. The molecule has 132 valence electrons. The number of aromatic nitrogens is 1. The summed E-state index contributed by atoms with van der Waals surface area (Å²) < 4.78 is 0.180. The van der Waals surface area contributed by atoms with Gasteiger partial charge in [-0.2, -0.15) is 11.8 Å². The van der Waals surface area contributed by atoms with E-state index in [1.807, 2.05) is 49.0 Å². The van der Waals surface area contributed by atoms with Gasteiger partial charge in [-0.25, -0.2) is 9.98 Å². The van der Waals surface area contributed by atoms with Gasteiger partial charge in [-0.05, 0) is 39.2 Å². The van der Waals surface area contributed by atoms with Gasteiger partial charge in [-0.15, -0.1) is 24.0 Å². The van der Waals surface area contributed by atoms with Crippen LogP contribution in [0.25, 0.3) is 0 Å². The molecule has 1 rings (SSSR count). The fraction of sp³-hybridized carbons (Fsp3) is 0.625. The van der Waals surface area contributed by atoms with Crippen LogP contribution in [0.5, 0.6) is 0 Å². The summed E-state index contributed by atoms with van der Waals surface area (Å²) in [5.74, 6) is 1.79. The van der Waals surface area contributed by atoms with Gasteiger partial charge in [-0.3, -0.25) is 0 Å². The van der Waals surface area contributed by atoms with Gasteiger partial charge in [0.05, 0.1) is 12.2 Å². The monoisotopic (exact) mass is 451 g/mol. The minimum atomic E-state index is 0. The molecule has 0 amide bonds. The molecule has 0 bridgehead atoms. The van der Waals surface area contributed by atoms with Crippen LogP contribution in [-0.2, 0) is 6.54 Å². The molecule has 0 spiro atoms. The number of thioether (sulfide) groups is 1. The Hall–Kier alpha value is -0.700. The van der Waals surface area contributed by atoms with E-state index in [0.717, 1.165) is 30.6 Å². The summed E-state index contributed by atoms with van der Waals surface area (Å²) in [6.07, 6.45) is 2.13. The first-order chi connectivity index (χ1) is 10.4. The Balaban J connectivity index is 0.00000484. The molecule has 0 aliphatic rings. The highest BCUT2D eigenvalue weighted by Crippen LogP contribution is 2.19. The van der Waals surface area contributed by atoms with Gasteiger partial charge in [0, 0.05) is 31.9 Å². The lowest BCUT2D eigenvalue weighted by Crippen LogP contribution is -2.43. The van der Waals surface area contributed by atoms with Crippen molar-refractivity contribution >= 4 is 47.5 Å². The van der Waals surface area contributed by atoms with Gasteiger partial charge in [-0.1, -0.05) is 6.07 Å². The zero-order chi connectivity index (χ0) is 16.6. The minimum Gasteiger partial charge on any atom is -0.363 e. The van der Waals surface area contributed by atoms with Gasteiger partial charge in [0.2, 0.25) is 0 Å². The first-order valence-corrected chi connectivity index (χ1v) is 8.81. The predicted octanol–water partition coefficient (Wildman–Crippen LogP) is 2.96. The number of guanidine groups is 1. The molecule has 1 aromatic heterocycles. The smallest absolute Gasteiger partial charge is 0.191 e. The molecule has 7 heteroatoms. The molecule has 1 heterocycles. The van der Waals surface area contributed by atoms with Crippen LogP contribution in [-0.4, -0.2) is 49.1 Å². The largest absolute Gasteiger partial charge is 0.363 e. The second-order valence-corrected chi connectivity index (χ2v) is 7.41. The van der Waals surface area contributed by atoms with E-state index in [-0.39, 0.29) is 28.7 Å². The lowest BCUT2D eigenvalue weighted by atomic mass is 10.2. The molecule has 0 aliphatic carbocycles. The van der Waals surface area contributed by atoms with Crippen molar-refractivity contribution in [3.8, 4) is 0 Å². The van der Waals surface area contributed by atoms with E-state index in [2.05, 4.69) is 47.6 Å². The third-order valence-electron chi connectivity index (χ3n) is 3.23. The summed E-state index contributed by atoms with van der Waals surface area (Å²) >= 11 is 1.84. The van der Waals surface area contributed by atoms with E-state index in [4.69, 9.17) is 0 Å². The van der Waals surface area contributed by atoms with Crippen LogP contribution in [0.15, 0.2) is 23.2 Å². The Morgan fingerprint density at radius 2 is 2.00 bits per heavy atom. The number of hydrogen-bond donors (Lipinski definition) is 2. The molecule has 0 radical (unpaired) electrons. The maximum Gasteiger partial charge on any atom is 0.191 e. The second-order valence-electron chi connectivity index (χ2n) is 5.89. The van der Waals surface area contributed by atoms with E-state index in [1.54, 1.807) is 0 Å². The highest BCUT2D eigenvalue weighted by atomic mass is 127.